The molecule has 0 bridgehead atoms. The first-order valence-electron chi connectivity index (χ1n) is 7.87. The van der Waals surface area contributed by atoms with Gasteiger partial charge >= 0.3 is 0 Å². The summed E-state index contributed by atoms with van der Waals surface area (Å²) in [6, 6.07) is 6.03. The number of hydrogen-bond acceptors (Lipinski definition) is 3. The molecule has 0 aliphatic heterocycles. The maximum absolute atomic E-state index is 5.79. The molecule has 2 rings (SSSR count). The van der Waals surface area contributed by atoms with Gasteiger partial charge in [0.1, 0.15) is 11.5 Å². The molecule has 1 aliphatic carbocycles. The van der Waals surface area contributed by atoms with Crippen LogP contribution in [0.2, 0.25) is 0 Å². The SMILES string of the molecule is COc1ccc(OC)c([C@H]2C=C(C)CC[C@H]2C(C)(C)OC)c1. The van der Waals surface area contributed by atoms with E-state index in [1.54, 1.807) is 21.3 Å². The molecule has 0 N–H and O–H groups in total. The number of ether oxygens (including phenoxy) is 3. The van der Waals surface area contributed by atoms with Gasteiger partial charge in [-0.15, -0.1) is 0 Å². The van der Waals surface area contributed by atoms with Crippen molar-refractivity contribution in [1.29, 1.82) is 0 Å². The van der Waals surface area contributed by atoms with Crippen molar-refractivity contribution in [3.63, 3.8) is 0 Å². The Bertz CT molecular complexity index is 546. The minimum absolute atomic E-state index is 0.185. The van der Waals surface area contributed by atoms with Gasteiger partial charge in [-0.1, -0.05) is 11.6 Å². The highest BCUT2D eigenvalue weighted by Gasteiger charge is 2.38. The summed E-state index contributed by atoms with van der Waals surface area (Å²) in [6.45, 7) is 6.55. The third kappa shape index (κ3) is 3.30. The average Bonchev–Trinajstić information content (AvgIpc) is 2.53. The lowest BCUT2D eigenvalue weighted by Crippen LogP contribution is -2.38. The zero-order valence-electron chi connectivity index (χ0n) is 14.6. The lowest BCUT2D eigenvalue weighted by molar-refractivity contribution is -0.0375. The predicted octanol–water partition coefficient (Wildman–Crippen LogP) is 4.57. The van der Waals surface area contributed by atoms with Gasteiger partial charge in [0.2, 0.25) is 0 Å². The first-order valence-corrected chi connectivity index (χ1v) is 7.87. The van der Waals surface area contributed by atoms with Crippen molar-refractivity contribution >= 4 is 0 Å². The smallest absolute Gasteiger partial charge is 0.122 e. The number of benzene rings is 1. The second-order valence-electron chi connectivity index (χ2n) is 6.60. The van der Waals surface area contributed by atoms with Crippen LogP contribution in [0.1, 0.15) is 45.1 Å². The molecule has 1 aromatic rings. The molecule has 0 radical (unpaired) electrons. The average molecular weight is 304 g/mol. The van der Waals surface area contributed by atoms with E-state index in [4.69, 9.17) is 14.2 Å². The summed E-state index contributed by atoms with van der Waals surface area (Å²) in [5.74, 6) is 2.45. The largest absolute Gasteiger partial charge is 0.497 e. The van der Waals surface area contributed by atoms with Crippen LogP contribution in [0, 0.1) is 5.92 Å². The quantitative estimate of drug-likeness (QED) is 0.746. The molecule has 2 atom stereocenters. The summed E-state index contributed by atoms with van der Waals surface area (Å²) in [4.78, 5) is 0. The highest BCUT2D eigenvalue weighted by Crippen LogP contribution is 2.46. The van der Waals surface area contributed by atoms with Gasteiger partial charge in [-0.2, -0.15) is 0 Å². The summed E-state index contributed by atoms with van der Waals surface area (Å²) in [7, 11) is 5.22. The molecule has 0 fully saturated rings. The minimum Gasteiger partial charge on any atom is -0.497 e. The number of rotatable bonds is 5. The van der Waals surface area contributed by atoms with E-state index < -0.39 is 0 Å². The molecule has 22 heavy (non-hydrogen) atoms. The van der Waals surface area contributed by atoms with E-state index >= 15 is 0 Å². The summed E-state index contributed by atoms with van der Waals surface area (Å²) < 4.78 is 16.8. The van der Waals surface area contributed by atoms with E-state index in [9.17, 15) is 0 Å². The van der Waals surface area contributed by atoms with E-state index in [-0.39, 0.29) is 11.5 Å². The fourth-order valence-corrected chi connectivity index (χ4v) is 3.41. The highest BCUT2D eigenvalue weighted by molar-refractivity contribution is 5.45. The Kier molecular flexibility index (Phi) is 5.17. The Morgan fingerprint density at radius 1 is 1.09 bits per heavy atom. The summed E-state index contributed by atoms with van der Waals surface area (Å²) in [5.41, 5.74) is 2.42. The second-order valence-corrected chi connectivity index (χ2v) is 6.60. The maximum Gasteiger partial charge on any atom is 0.122 e. The molecule has 0 heterocycles. The maximum atomic E-state index is 5.79. The van der Waals surface area contributed by atoms with Crippen molar-refractivity contribution in [2.75, 3.05) is 21.3 Å². The van der Waals surface area contributed by atoms with Gasteiger partial charge in [-0.05, 0) is 57.7 Å². The van der Waals surface area contributed by atoms with Crippen molar-refractivity contribution in [3.8, 4) is 11.5 Å². The molecule has 0 saturated heterocycles. The van der Waals surface area contributed by atoms with Crippen LogP contribution in [0.3, 0.4) is 0 Å². The first-order chi connectivity index (χ1) is 10.4. The normalized spacial score (nSPS) is 22.2. The van der Waals surface area contributed by atoms with Crippen molar-refractivity contribution in [2.45, 2.75) is 45.1 Å². The number of hydrogen-bond donors (Lipinski definition) is 0. The van der Waals surface area contributed by atoms with Crippen LogP contribution in [-0.4, -0.2) is 26.9 Å². The molecule has 0 amide bonds. The molecule has 0 unspecified atom stereocenters. The molecule has 1 aliphatic rings. The molecular formula is C19H28O3. The van der Waals surface area contributed by atoms with Crippen LogP contribution in [0.25, 0.3) is 0 Å². The van der Waals surface area contributed by atoms with Gasteiger partial charge < -0.3 is 14.2 Å². The number of allylic oxidation sites excluding steroid dienone is 2. The van der Waals surface area contributed by atoms with Crippen molar-refractivity contribution in [3.05, 3.63) is 35.4 Å². The van der Waals surface area contributed by atoms with Gasteiger partial charge in [-0.3, -0.25) is 0 Å². The lowest BCUT2D eigenvalue weighted by Gasteiger charge is -2.41. The van der Waals surface area contributed by atoms with Crippen LogP contribution < -0.4 is 9.47 Å². The molecule has 0 aromatic heterocycles. The predicted molar refractivity (Wildman–Crippen MR) is 89.9 cm³/mol. The molecule has 0 saturated carbocycles. The topological polar surface area (TPSA) is 27.7 Å². The molecule has 122 valence electrons. The second kappa shape index (κ2) is 6.74. The van der Waals surface area contributed by atoms with Crippen molar-refractivity contribution in [2.24, 2.45) is 5.92 Å². The van der Waals surface area contributed by atoms with Crippen LogP contribution in [0.15, 0.2) is 29.8 Å². The van der Waals surface area contributed by atoms with E-state index in [1.165, 1.54) is 11.1 Å². The molecule has 0 spiro atoms. The third-order valence-electron chi connectivity index (χ3n) is 4.96. The Morgan fingerprint density at radius 3 is 2.41 bits per heavy atom. The van der Waals surface area contributed by atoms with Crippen LogP contribution in [-0.2, 0) is 4.74 Å². The van der Waals surface area contributed by atoms with Gasteiger partial charge in [-0.25, -0.2) is 0 Å². The summed E-state index contributed by atoms with van der Waals surface area (Å²) in [5, 5.41) is 0. The van der Waals surface area contributed by atoms with E-state index in [2.05, 4.69) is 32.9 Å². The summed E-state index contributed by atoms with van der Waals surface area (Å²) in [6.07, 6.45) is 4.61. The fourth-order valence-electron chi connectivity index (χ4n) is 3.41. The molecular weight excluding hydrogens is 276 g/mol. The Morgan fingerprint density at radius 2 is 1.82 bits per heavy atom. The Hall–Kier alpha value is -1.48. The Labute approximate surface area is 134 Å². The minimum atomic E-state index is -0.185. The van der Waals surface area contributed by atoms with Crippen LogP contribution >= 0.6 is 0 Å². The van der Waals surface area contributed by atoms with Crippen LogP contribution in [0.5, 0.6) is 11.5 Å². The van der Waals surface area contributed by atoms with Crippen molar-refractivity contribution in [1.82, 2.24) is 0 Å². The van der Waals surface area contributed by atoms with Crippen molar-refractivity contribution < 1.29 is 14.2 Å². The molecule has 1 aromatic carbocycles. The van der Waals surface area contributed by atoms with E-state index in [1.807, 2.05) is 12.1 Å². The summed E-state index contributed by atoms with van der Waals surface area (Å²) >= 11 is 0. The van der Waals surface area contributed by atoms with Gasteiger partial charge in [0.15, 0.2) is 0 Å². The Balaban J connectivity index is 2.52. The zero-order valence-corrected chi connectivity index (χ0v) is 14.6. The lowest BCUT2D eigenvalue weighted by atomic mass is 9.70. The highest BCUT2D eigenvalue weighted by atomic mass is 16.5. The third-order valence-corrected chi connectivity index (χ3v) is 4.96. The van der Waals surface area contributed by atoms with Crippen LogP contribution in [0.4, 0.5) is 0 Å². The van der Waals surface area contributed by atoms with Gasteiger partial charge in [0.05, 0.1) is 19.8 Å². The molecule has 3 heteroatoms. The fraction of sp³-hybridized carbons (Fsp3) is 0.579. The number of methoxy groups -OCH3 is 3. The monoisotopic (exact) mass is 304 g/mol. The van der Waals surface area contributed by atoms with E-state index in [0.29, 0.717) is 5.92 Å². The zero-order chi connectivity index (χ0) is 16.3. The first kappa shape index (κ1) is 16.9. The van der Waals surface area contributed by atoms with Gasteiger partial charge in [0.25, 0.3) is 0 Å². The van der Waals surface area contributed by atoms with E-state index in [0.717, 1.165) is 24.3 Å². The van der Waals surface area contributed by atoms with Gasteiger partial charge in [0, 0.05) is 18.6 Å². The molecule has 3 nitrogen and oxygen atoms in total. The standard InChI is InChI=1S/C19H28O3/c1-13-7-9-17(19(2,3)22-6)15(11-13)16-12-14(20-4)8-10-18(16)21-5/h8,10-12,15,17H,7,9H2,1-6H3/t15-,17-/m1/s1.